The average molecular weight is 391 g/mol. The SMILES string of the molecule is O=C1c2c(OCc3ccccc3)c(=O)ccn2N2Cc3ccc(F)cc3CN1C2. The first kappa shape index (κ1) is 17.5. The number of halogens is 1. The van der Waals surface area contributed by atoms with Crippen LogP contribution in [0.25, 0.3) is 0 Å². The molecule has 0 saturated heterocycles. The Morgan fingerprint density at radius 2 is 1.79 bits per heavy atom. The molecule has 29 heavy (non-hydrogen) atoms. The largest absolute Gasteiger partial charge is 0.482 e. The van der Waals surface area contributed by atoms with Crippen LogP contribution in [-0.2, 0) is 19.7 Å². The Morgan fingerprint density at radius 1 is 0.966 bits per heavy atom. The van der Waals surface area contributed by atoms with E-state index in [-0.39, 0.29) is 41.7 Å². The molecule has 7 heteroatoms. The number of benzene rings is 2. The summed E-state index contributed by atoms with van der Waals surface area (Å²) in [4.78, 5) is 27.4. The standard InChI is InChI=1S/C22H18FN3O3/c23-18-7-6-16-12-25-14-24(11-17(16)10-18)22(28)20-21(19(27)8-9-26(20)25)29-13-15-4-2-1-3-5-15/h1-10H,11-14H2. The molecule has 0 radical (unpaired) electrons. The zero-order valence-electron chi connectivity index (χ0n) is 15.5. The van der Waals surface area contributed by atoms with Crippen molar-refractivity contribution in [2.24, 2.45) is 0 Å². The van der Waals surface area contributed by atoms with Crippen LogP contribution in [0.5, 0.6) is 5.75 Å². The zero-order chi connectivity index (χ0) is 20.0. The van der Waals surface area contributed by atoms with Crippen LogP contribution in [0.4, 0.5) is 4.39 Å². The predicted molar refractivity (Wildman–Crippen MR) is 105 cm³/mol. The van der Waals surface area contributed by atoms with Crippen LogP contribution in [0, 0.1) is 5.82 Å². The summed E-state index contributed by atoms with van der Waals surface area (Å²) in [6, 6.07) is 15.5. The number of hydrogen-bond acceptors (Lipinski definition) is 4. The highest BCUT2D eigenvalue weighted by atomic mass is 19.1. The van der Waals surface area contributed by atoms with Gasteiger partial charge in [-0.2, -0.15) is 0 Å². The lowest BCUT2D eigenvalue weighted by atomic mass is 10.1. The Hall–Kier alpha value is -3.61. The first-order valence-electron chi connectivity index (χ1n) is 9.34. The number of carbonyl (C=O) groups excluding carboxylic acids is 1. The van der Waals surface area contributed by atoms with Crippen LogP contribution < -0.4 is 15.2 Å². The Balaban J connectivity index is 1.56. The van der Waals surface area contributed by atoms with E-state index in [2.05, 4.69) is 0 Å². The second-order valence-electron chi connectivity index (χ2n) is 7.20. The molecule has 146 valence electrons. The van der Waals surface area contributed by atoms with Crippen LogP contribution in [-0.4, -0.2) is 22.2 Å². The molecule has 2 aliphatic heterocycles. The Bertz CT molecular complexity index is 1160. The zero-order valence-corrected chi connectivity index (χ0v) is 15.5. The fourth-order valence-electron chi connectivity index (χ4n) is 3.83. The van der Waals surface area contributed by atoms with E-state index in [1.54, 1.807) is 21.8 Å². The molecule has 2 bridgehead atoms. The number of hydrogen-bond donors (Lipinski definition) is 0. The molecule has 0 N–H and O–H groups in total. The van der Waals surface area contributed by atoms with E-state index >= 15 is 0 Å². The fourth-order valence-corrected chi connectivity index (χ4v) is 3.83. The summed E-state index contributed by atoms with van der Waals surface area (Å²) in [6.07, 6.45) is 1.59. The second kappa shape index (κ2) is 6.77. The molecule has 3 heterocycles. The summed E-state index contributed by atoms with van der Waals surface area (Å²) in [5, 5.41) is 1.94. The van der Waals surface area contributed by atoms with E-state index < -0.39 is 0 Å². The summed E-state index contributed by atoms with van der Waals surface area (Å²) < 4.78 is 21.2. The third-order valence-electron chi connectivity index (χ3n) is 5.27. The first-order valence-corrected chi connectivity index (χ1v) is 9.34. The predicted octanol–water partition coefficient (Wildman–Crippen LogP) is 2.63. The average Bonchev–Trinajstić information content (AvgIpc) is 2.89. The molecule has 1 aromatic heterocycles. The molecule has 0 spiro atoms. The van der Waals surface area contributed by atoms with Gasteiger partial charge < -0.3 is 9.64 Å². The molecule has 6 nitrogen and oxygen atoms in total. The van der Waals surface area contributed by atoms with Gasteiger partial charge in [0.25, 0.3) is 5.91 Å². The number of rotatable bonds is 3. The molecule has 0 atom stereocenters. The van der Waals surface area contributed by atoms with E-state index in [9.17, 15) is 14.0 Å². The molecule has 2 aliphatic rings. The lowest BCUT2D eigenvalue weighted by Gasteiger charge is -2.37. The summed E-state index contributed by atoms with van der Waals surface area (Å²) >= 11 is 0. The highest BCUT2D eigenvalue weighted by Crippen LogP contribution is 2.28. The van der Waals surface area contributed by atoms with Gasteiger partial charge in [-0.15, -0.1) is 0 Å². The maximum Gasteiger partial charge on any atom is 0.278 e. The summed E-state index contributed by atoms with van der Waals surface area (Å²) in [5.74, 6) is -0.602. The Labute approximate surface area is 166 Å². The van der Waals surface area contributed by atoms with Crippen molar-refractivity contribution in [1.82, 2.24) is 9.58 Å². The van der Waals surface area contributed by atoms with E-state index in [1.807, 2.05) is 35.3 Å². The Kier molecular flexibility index (Phi) is 4.08. The third-order valence-corrected chi connectivity index (χ3v) is 5.27. The van der Waals surface area contributed by atoms with Gasteiger partial charge in [0.05, 0.1) is 6.54 Å². The number of amides is 1. The second-order valence-corrected chi connectivity index (χ2v) is 7.20. The van der Waals surface area contributed by atoms with Gasteiger partial charge in [-0.1, -0.05) is 36.4 Å². The molecule has 1 amide bonds. The van der Waals surface area contributed by atoms with Crippen molar-refractivity contribution in [3.63, 3.8) is 0 Å². The molecule has 0 fully saturated rings. The number of fused-ring (bicyclic) bond motifs is 5. The molecular weight excluding hydrogens is 373 g/mol. The van der Waals surface area contributed by atoms with Gasteiger partial charge in [0.2, 0.25) is 5.43 Å². The van der Waals surface area contributed by atoms with Crippen molar-refractivity contribution >= 4 is 5.91 Å². The minimum atomic E-state index is -0.342. The smallest absolute Gasteiger partial charge is 0.278 e. The van der Waals surface area contributed by atoms with Crippen LogP contribution in [0.3, 0.4) is 0 Å². The van der Waals surface area contributed by atoms with Gasteiger partial charge >= 0.3 is 0 Å². The van der Waals surface area contributed by atoms with E-state index in [1.165, 1.54) is 18.2 Å². The first-order chi connectivity index (χ1) is 14.1. The monoisotopic (exact) mass is 391 g/mol. The van der Waals surface area contributed by atoms with E-state index in [0.717, 1.165) is 16.7 Å². The van der Waals surface area contributed by atoms with E-state index in [0.29, 0.717) is 13.2 Å². The lowest BCUT2D eigenvalue weighted by Crippen LogP contribution is -2.52. The molecule has 0 saturated carbocycles. The van der Waals surface area contributed by atoms with Crippen LogP contribution in [0.15, 0.2) is 65.6 Å². The number of ether oxygens (including phenoxy) is 1. The number of carbonyl (C=O) groups is 1. The van der Waals surface area contributed by atoms with Crippen molar-refractivity contribution in [2.45, 2.75) is 19.7 Å². The molecule has 0 aliphatic carbocycles. The van der Waals surface area contributed by atoms with Gasteiger partial charge in [0, 0.05) is 18.8 Å². The summed E-state index contributed by atoms with van der Waals surface area (Å²) in [7, 11) is 0. The molecule has 2 aromatic carbocycles. The van der Waals surface area contributed by atoms with Gasteiger partial charge in [0.15, 0.2) is 11.4 Å². The van der Waals surface area contributed by atoms with Crippen molar-refractivity contribution < 1.29 is 13.9 Å². The molecule has 5 rings (SSSR count). The minimum absolute atomic E-state index is 0.0354. The van der Waals surface area contributed by atoms with E-state index in [4.69, 9.17) is 4.74 Å². The normalized spacial score (nSPS) is 14.9. The topological polar surface area (TPSA) is 54.8 Å². The van der Waals surface area contributed by atoms with Crippen LogP contribution in [0.2, 0.25) is 0 Å². The van der Waals surface area contributed by atoms with Gasteiger partial charge in [-0.3, -0.25) is 19.3 Å². The van der Waals surface area contributed by atoms with Crippen molar-refractivity contribution in [3.05, 3.63) is 99.2 Å². The number of nitrogens with zero attached hydrogens (tertiary/aromatic N) is 3. The summed E-state index contributed by atoms with van der Waals surface area (Å²) in [6.45, 7) is 1.31. The maximum atomic E-state index is 13.7. The highest BCUT2D eigenvalue weighted by molar-refractivity contribution is 5.96. The molecule has 0 unspecified atom stereocenters. The third kappa shape index (κ3) is 3.04. The maximum absolute atomic E-state index is 13.7. The molecular formula is C22H18FN3O3. The van der Waals surface area contributed by atoms with Gasteiger partial charge in [-0.05, 0) is 28.8 Å². The highest BCUT2D eigenvalue weighted by Gasteiger charge is 2.35. The minimum Gasteiger partial charge on any atom is -0.482 e. The van der Waals surface area contributed by atoms with Gasteiger partial charge in [0.1, 0.15) is 19.1 Å². The van der Waals surface area contributed by atoms with Gasteiger partial charge in [-0.25, -0.2) is 4.39 Å². The van der Waals surface area contributed by atoms with Crippen LogP contribution >= 0.6 is 0 Å². The van der Waals surface area contributed by atoms with Crippen LogP contribution in [0.1, 0.15) is 27.2 Å². The van der Waals surface area contributed by atoms with Crippen molar-refractivity contribution in [2.75, 3.05) is 11.7 Å². The Morgan fingerprint density at radius 3 is 2.62 bits per heavy atom. The lowest BCUT2D eigenvalue weighted by molar-refractivity contribution is 0.0676. The number of pyridine rings is 1. The van der Waals surface area contributed by atoms with Crippen molar-refractivity contribution in [1.29, 1.82) is 0 Å². The molecule has 3 aromatic rings. The fraction of sp³-hybridized carbons (Fsp3) is 0.182. The number of aromatic nitrogens is 1. The van der Waals surface area contributed by atoms with Crippen molar-refractivity contribution in [3.8, 4) is 5.75 Å². The summed E-state index contributed by atoms with van der Waals surface area (Å²) in [5.41, 5.74) is 2.47. The quantitative estimate of drug-likeness (QED) is 0.689.